The number of nitrogens with zero attached hydrogens (tertiary/aromatic N) is 2. The molecule has 2 aromatic heterocycles. The highest BCUT2D eigenvalue weighted by Gasteiger charge is 2.19. The third kappa shape index (κ3) is 5.03. The van der Waals surface area contributed by atoms with Crippen LogP contribution in [0.1, 0.15) is 0 Å². The van der Waals surface area contributed by atoms with Gasteiger partial charge >= 0.3 is 0 Å². The van der Waals surface area contributed by atoms with Crippen LogP contribution >= 0.6 is 22.7 Å². The van der Waals surface area contributed by atoms with Crippen molar-refractivity contribution in [1.29, 1.82) is 0 Å². The van der Waals surface area contributed by atoms with Crippen molar-refractivity contribution < 1.29 is 0 Å². The summed E-state index contributed by atoms with van der Waals surface area (Å²) >= 11 is 3.33. The van der Waals surface area contributed by atoms with Crippen LogP contribution in [0, 0.1) is 0 Å². The molecule has 7 aromatic carbocycles. The monoisotopic (exact) mass is 648 g/mol. The Morgan fingerprint density at radius 2 is 0.771 bits per heavy atom. The maximum atomic E-state index is 4.30. The van der Waals surface area contributed by atoms with Crippen LogP contribution in [0.3, 0.4) is 0 Å². The van der Waals surface area contributed by atoms with Gasteiger partial charge in [0.2, 0.25) is 0 Å². The Morgan fingerprint density at radius 1 is 0.333 bits per heavy atom. The lowest BCUT2D eigenvalue weighted by Gasteiger charge is -2.19. The van der Waals surface area contributed by atoms with Gasteiger partial charge in [-0.3, -0.25) is 9.97 Å². The normalized spacial score (nSPS) is 11.3. The number of aromatic nitrogens is 2. The van der Waals surface area contributed by atoms with E-state index >= 15 is 0 Å². The van der Waals surface area contributed by atoms with Gasteiger partial charge in [0.05, 0.1) is 20.8 Å². The van der Waals surface area contributed by atoms with Gasteiger partial charge in [-0.15, -0.1) is 22.7 Å². The summed E-state index contributed by atoms with van der Waals surface area (Å²) in [5, 5.41) is 4.96. The Hall–Kier alpha value is -5.68. The molecule has 0 bridgehead atoms. The number of thiazole rings is 2. The van der Waals surface area contributed by atoms with Crippen LogP contribution < -0.4 is 0 Å². The SMILES string of the molecule is c1ccc(-c2ccccc2-c2ccc3c(-c4ccc(-c5cncs5)cc4)c4ccccc4c(-c4ccc(-c5cncs5)cc4)c3c2)cc1. The first kappa shape index (κ1) is 28.5. The van der Waals surface area contributed by atoms with Gasteiger partial charge in [0.25, 0.3) is 0 Å². The number of rotatable bonds is 6. The van der Waals surface area contributed by atoms with E-state index in [2.05, 4.69) is 156 Å². The molecule has 0 spiro atoms. The standard InChI is InChI=1S/C44H28N2S2/c1-2-8-29(9-3-1)35-10-4-5-11-36(35)34-22-23-39-40(24-34)44(33-20-16-31(17-21-33)42-26-46-28-48-42)38-13-7-6-12-37(38)43(39)32-18-14-30(15-19-32)41-25-45-27-47-41/h1-28H. The van der Waals surface area contributed by atoms with E-state index in [4.69, 9.17) is 0 Å². The first-order valence-corrected chi connectivity index (χ1v) is 17.7. The van der Waals surface area contributed by atoms with E-state index < -0.39 is 0 Å². The Labute approximate surface area is 287 Å². The molecule has 0 atom stereocenters. The fourth-order valence-electron chi connectivity index (χ4n) is 6.89. The van der Waals surface area contributed by atoms with Crippen molar-refractivity contribution in [2.45, 2.75) is 0 Å². The zero-order chi connectivity index (χ0) is 31.9. The van der Waals surface area contributed by atoms with Crippen molar-refractivity contribution in [2.24, 2.45) is 0 Å². The minimum atomic E-state index is 1.17. The maximum Gasteiger partial charge on any atom is 0.0797 e. The molecular weight excluding hydrogens is 621 g/mol. The Morgan fingerprint density at radius 3 is 1.31 bits per heavy atom. The van der Waals surface area contributed by atoms with Crippen LogP contribution in [0.15, 0.2) is 169 Å². The summed E-state index contributed by atoms with van der Waals surface area (Å²) in [6.45, 7) is 0. The fourth-order valence-corrected chi connectivity index (χ4v) is 8.15. The van der Waals surface area contributed by atoms with Crippen LogP contribution in [0.2, 0.25) is 0 Å². The highest BCUT2D eigenvalue weighted by molar-refractivity contribution is 7.13. The third-order valence-corrected chi connectivity index (χ3v) is 10.8. The maximum absolute atomic E-state index is 4.30. The van der Waals surface area contributed by atoms with Gasteiger partial charge < -0.3 is 0 Å². The summed E-state index contributed by atoms with van der Waals surface area (Å²) in [5.74, 6) is 0. The van der Waals surface area contributed by atoms with E-state index in [0.717, 1.165) is 0 Å². The van der Waals surface area contributed by atoms with Crippen LogP contribution in [0.5, 0.6) is 0 Å². The Bertz CT molecular complexity index is 2520. The van der Waals surface area contributed by atoms with Crippen molar-refractivity contribution >= 4 is 44.2 Å². The minimum absolute atomic E-state index is 1.17. The van der Waals surface area contributed by atoms with E-state index in [0.29, 0.717) is 0 Å². The molecule has 0 saturated carbocycles. The summed E-state index contributed by atoms with van der Waals surface area (Å²) < 4.78 is 0. The second kappa shape index (κ2) is 12.2. The van der Waals surface area contributed by atoms with Gasteiger partial charge in [-0.2, -0.15) is 0 Å². The van der Waals surface area contributed by atoms with Crippen molar-refractivity contribution in [3.63, 3.8) is 0 Å². The molecule has 4 heteroatoms. The number of hydrogen-bond acceptors (Lipinski definition) is 4. The molecule has 226 valence electrons. The van der Waals surface area contributed by atoms with Gasteiger partial charge in [0.1, 0.15) is 0 Å². The predicted molar refractivity (Wildman–Crippen MR) is 205 cm³/mol. The first-order chi connectivity index (χ1) is 23.8. The van der Waals surface area contributed by atoms with Crippen LogP contribution in [-0.4, -0.2) is 9.97 Å². The van der Waals surface area contributed by atoms with Crippen molar-refractivity contribution in [3.05, 3.63) is 169 Å². The average Bonchev–Trinajstić information content (AvgIpc) is 3.91. The van der Waals surface area contributed by atoms with E-state index in [1.807, 2.05) is 23.4 Å². The minimum Gasteiger partial charge on any atom is -0.252 e. The quantitative estimate of drug-likeness (QED) is 0.168. The zero-order valence-electron chi connectivity index (χ0n) is 25.9. The summed E-state index contributed by atoms with van der Waals surface area (Å²) in [6.07, 6.45) is 3.88. The van der Waals surface area contributed by atoms with E-state index in [1.54, 1.807) is 22.7 Å². The molecule has 0 aliphatic carbocycles. The van der Waals surface area contributed by atoms with Crippen LogP contribution in [0.4, 0.5) is 0 Å². The van der Waals surface area contributed by atoms with Gasteiger partial charge in [-0.05, 0) is 83.2 Å². The lowest BCUT2D eigenvalue weighted by Crippen LogP contribution is -1.92. The highest BCUT2D eigenvalue weighted by Crippen LogP contribution is 2.46. The zero-order valence-corrected chi connectivity index (χ0v) is 27.5. The second-order valence-corrected chi connectivity index (χ2v) is 13.6. The molecule has 9 rings (SSSR count). The van der Waals surface area contributed by atoms with Crippen LogP contribution in [-0.2, 0) is 0 Å². The third-order valence-electron chi connectivity index (χ3n) is 9.13. The molecule has 0 radical (unpaired) electrons. The van der Waals surface area contributed by atoms with Gasteiger partial charge in [0.15, 0.2) is 0 Å². The average molecular weight is 649 g/mol. The number of benzene rings is 7. The summed E-state index contributed by atoms with van der Waals surface area (Å²) in [6, 6.07) is 53.3. The molecule has 0 saturated heterocycles. The lowest BCUT2D eigenvalue weighted by molar-refractivity contribution is 1.42. The molecule has 0 aliphatic heterocycles. The van der Waals surface area contributed by atoms with Crippen molar-refractivity contribution in [1.82, 2.24) is 9.97 Å². The van der Waals surface area contributed by atoms with Gasteiger partial charge in [-0.25, -0.2) is 0 Å². The van der Waals surface area contributed by atoms with Gasteiger partial charge in [-0.1, -0.05) is 140 Å². The van der Waals surface area contributed by atoms with E-state index in [-0.39, 0.29) is 0 Å². The van der Waals surface area contributed by atoms with E-state index in [1.165, 1.54) is 86.9 Å². The molecule has 2 nitrogen and oxygen atoms in total. The van der Waals surface area contributed by atoms with Crippen molar-refractivity contribution in [3.8, 4) is 65.4 Å². The van der Waals surface area contributed by atoms with Gasteiger partial charge in [0, 0.05) is 12.4 Å². The van der Waals surface area contributed by atoms with E-state index in [9.17, 15) is 0 Å². The molecule has 0 fully saturated rings. The molecule has 0 unspecified atom stereocenters. The number of fused-ring (bicyclic) bond motifs is 2. The summed E-state index contributed by atoms with van der Waals surface area (Å²) in [4.78, 5) is 10.9. The molecule has 48 heavy (non-hydrogen) atoms. The lowest BCUT2D eigenvalue weighted by atomic mass is 9.84. The smallest absolute Gasteiger partial charge is 0.0797 e. The number of hydrogen-bond donors (Lipinski definition) is 0. The molecule has 0 aliphatic rings. The molecule has 2 heterocycles. The van der Waals surface area contributed by atoms with Crippen molar-refractivity contribution in [2.75, 3.05) is 0 Å². The molecule has 0 N–H and O–H groups in total. The predicted octanol–water partition coefficient (Wildman–Crippen LogP) is 12.9. The Kier molecular flexibility index (Phi) is 7.23. The highest BCUT2D eigenvalue weighted by atomic mass is 32.1. The first-order valence-electron chi connectivity index (χ1n) is 15.9. The topological polar surface area (TPSA) is 25.8 Å². The molecule has 0 amide bonds. The largest absolute Gasteiger partial charge is 0.252 e. The molecular formula is C44H28N2S2. The summed E-state index contributed by atoms with van der Waals surface area (Å²) in [7, 11) is 0. The fraction of sp³-hybridized carbons (Fsp3) is 0. The van der Waals surface area contributed by atoms with Crippen LogP contribution in [0.25, 0.3) is 86.9 Å². The second-order valence-electron chi connectivity index (χ2n) is 11.9. The Balaban J connectivity index is 1.31. The molecule has 9 aromatic rings. The summed E-state index contributed by atoms with van der Waals surface area (Å²) in [5.41, 5.74) is 15.9.